The van der Waals surface area contributed by atoms with Gasteiger partial charge in [0.15, 0.2) is 0 Å². The van der Waals surface area contributed by atoms with Gasteiger partial charge < -0.3 is 5.32 Å². The Balaban J connectivity index is 2.51. The van der Waals surface area contributed by atoms with Gasteiger partial charge in [-0.1, -0.05) is 24.3 Å². The zero-order valence-electron chi connectivity index (χ0n) is 10.4. The van der Waals surface area contributed by atoms with Gasteiger partial charge in [0.25, 0.3) is 0 Å². The topological polar surface area (TPSA) is 29.1 Å². The number of carbonyl (C=O) groups is 1. The maximum Gasteiger partial charge on any atom is 0.224 e. The second-order valence-electron chi connectivity index (χ2n) is 4.13. The summed E-state index contributed by atoms with van der Waals surface area (Å²) in [5.74, 6) is -1.15. The highest BCUT2D eigenvalue weighted by atomic mass is 19.1. The summed E-state index contributed by atoms with van der Waals surface area (Å²) in [4.78, 5) is 11.4. The minimum absolute atomic E-state index is 0.0744. The third-order valence-electron chi connectivity index (χ3n) is 2.87. The molecule has 0 aromatic heterocycles. The van der Waals surface area contributed by atoms with E-state index in [0.717, 1.165) is 0 Å². The summed E-state index contributed by atoms with van der Waals surface area (Å²) in [6, 6.07) is 10.4. The molecule has 19 heavy (non-hydrogen) atoms. The van der Waals surface area contributed by atoms with E-state index in [4.69, 9.17) is 0 Å². The predicted molar refractivity (Wildman–Crippen MR) is 69.6 cm³/mol. The summed E-state index contributed by atoms with van der Waals surface area (Å²) in [5.41, 5.74) is 1.36. The van der Waals surface area contributed by atoms with Gasteiger partial charge in [-0.3, -0.25) is 4.79 Å². The van der Waals surface area contributed by atoms with Gasteiger partial charge in [-0.2, -0.15) is 0 Å². The minimum Gasteiger partial charge on any atom is -0.359 e. The summed E-state index contributed by atoms with van der Waals surface area (Å²) in [5, 5.41) is 2.45. The van der Waals surface area contributed by atoms with Crippen LogP contribution < -0.4 is 5.32 Å². The molecule has 0 unspecified atom stereocenters. The van der Waals surface area contributed by atoms with Gasteiger partial charge in [0, 0.05) is 12.6 Å². The fourth-order valence-corrected chi connectivity index (χ4v) is 1.91. The first-order valence-corrected chi connectivity index (χ1v) is 5.85. The lowest BCUT2D eigenvalue weighted by Gasteiger charge is -2.10. The van der Waals surface area contributed by atoms with Crippen LogP contribution in [-0.2, 0) is 11.2 Å². The zero-order valence-corrected chi connectivity index (χ0v) is 10.4. The molecule has 0 aliphatic carbocycles. The van der Waals surface area contributed by atoms with Crippen LogP contribution in [-0.4, -0.2) is 13.0 Å². The SMILES string of the molecule is CNC(=O)Cc1c(F)cccc1-c1cccc(F)c1. The number of carbonyl (C=O) groups excluding carboxylic acids is 1. The lowest BCUT2D eigenvalue weighted by Crippen LogP contribution is -2.21. The summed E-state index contributed by atoms with van der Waals surface area (Å²) in [7, 11) is 1.49. The monoisotopic (exact) mass is 261 g/mol. The molecular weight excluding hydrogens is 248 g/mol. The molecule has 0 atom stereocenters. The van der Waals surface area contributed by atoms with Crippen molar-refractivity contribution in [3.05, 3.63) is 59.7 Å². The first kappa shape index (κ1) is 13.2. The molecule has 4 heteroatoms. The van der Waals surface area contributed by atoms with E-state index in [0.29, 0.717) is 11.1 Å². The highest BCUT2D eigenvalue weighted by Crippen LogP contribution is 2.26. The average Bonchev–Trinajstić information content (AvgIpc) is 2.40. The molecule has 0 saturated heterocycles. The number of amides is 1. The Kier molecular flexibility index (Phi) is 3.90. The van der Waals surface area contributed by atoms with Crippen LogP contribution in [0.4, 0.5) is 8.78 Å². The Bertz CT molecular complexity index is 611. The number of benzene rings is 2. The van der Waals surface area contributed by atoms with Crippen molar-refractivity contribution in [1.82, 2.24) is 5.32 Å². The van der Waals surface area contributed by atoms with E-state index in [1.54, 1.807) is 24.3 Å². The largest absolute Gasteiger partial charge is 0.359 e. The molecule has 1 amide bonds. The van der Waals surface area contributed by atoms with E-state index in [-0.39, 0.29) is 17.9 Å². The average molecular weight is 261 g/mol. The Labute approximate surface area is 110 Å². The Morgan fingerprint density at radius 2 is 1.89 bits per heavy atom. The van der Waals surface area contributed by atoms with Crippen LogP contribution >= 0.6 is 0 Å². The molecule has 2 aromatic rings. The van der Waals surface area contributed by atoms with Gasteiger partial charge >= 0.3 is 0 Å². The molecule has 0 aliphatic rings. The van der Waals surface area contributed by atoms with Gasteiger partial charge in [0.2, 0.25) is 5.91 Å². The van der Waals surface area contributed by atoms with E-state index in [9.17, 15) is 13.6 Å². The molecule has 0 bridgehead atoms. The van der Waals surface area contributed by atoms with Crippen LogP contribution in [0.1, 0.15) is 5.56 Å². The molecule has 0 spiro atoms. The molecule has 2 nitrogen and oxygen atoms in total. The van der Waals surface area contributed by atoms with Crippen LogP contribution in [0.5, 0.6) is 0 Å². The van der Waals surface area contributed by atoms with Crippen LogP contribution in [0.3, 0.4) is 0 Å². The van der Waals surface area contributed by atoms with Crippen LogP contribution in [0.2, 0.25) is 0 Å². The van der Waals surface area contributed by atoms with Crippen molar-refractivity contribution in [1.29, 1.82) is 0 Å². The van der Waals surface area contributed by atoms with Crippen molar-refractivity contribution in [2.24, 2.45) is 0 Å². The van der Waals surface area contributed by atoms with E-state index in [1.165, 1.54) is 25.2 Å². The van der Waals surface area contributed by atoms with Crippen molar-refractivity contribution >= 4 is 5.91 Å². The maximum atomic E-state index is 13.9. The molecule has 0 heterocycles. The normalized spacial score (nSPS) is 10.3. The molecule has 0 aliphatic heterocycles. The van der Waals surface area contributed by atoms with Gasteiger partial charge in [0.1, 0.15) is 11.6 Å². The van der Waals surface area contributed by atoms with Crippen molar-refractivity contribution < 1.29 is 13.6 Å². The van der Waals surface area contributed by atoms with Gasteiger partial charge in [-0.15, -0.1) is 0 Å². The van der Waals surface area contributed by atoms with E-state index < -0.39 is 11.6 Å². The number of nitrogens with one attached hydrogen (secondary N) is 1. The molecule has 0 fully saturated rings. The lowest BCUT2D eigenvalue weighted by molar-refractivity contribution is -0.120. The van der Waals surface area contributed by atoms with Crippen molar-refractivity contribution in [2.45, 2.75) is 6.42 Å². The zero-order chi connectivity index (χ0) is 13.8. The fourth-order valence-electron chi connectivity index (χ4n) is 1.91. The first-order valence-electron chi connectivity index (χ1n) is 5.85. The predicted octanol–water partition coefficient (Wildman–Crippen LogP) is 2.92. The lowest BCUT2D eigenvalue weighted by atomic mass is 9.97. The van der Waals surface area contributed by atoms with Crippen LogP contribution in [0.15, 0.2) is 42.5 Å². The number of likely N-dealkylation sites (N-methyl/N-ethyl adjacent to an activating group) is 1. The van der Waals surface area contributed by atoms with Crippen molar-refractivity contribution in [3.63, 3.8) is 0 Å². The fraction of sp³-hybridized carbons (Fsp3) is 0.133. The number of hydrogen-bond donors (Lipinski definition) is 1. The van der Waals surface area contributed by atoms with Crippen molar-refractivity contribution in [2.75, 3.05) is 7.05 Å². The van der Waals surface area contributed by atoms with Gasteiger partial charge in [0.05, 0.1) is 6.42 Å². The van der Waals surface area contributed by atoms with Crippen molar-refractivity contribution in [3.8, 4) is 11.1 Å². The molecule has 98 valence electrons. The Morgan fingerprint density at radius 1 is 1.16 bits per heavy atom. The molecule has 1 N–H and O–H groups in total. The number of rotatable bonds is 3. The number of halogens is 2. The highest BCUT2D eigenvalue weighted by molar-refractivity contribution is 5.81. The van der Waals surface area contributed by atoms with E-state index in [1.807, 2.05) is 0 Å². The smallest absolute Gasteiger partial charge is 0.224 e. The second kappa shape index (κ2) is 5.61. The Hall–Kier alpha value is -2.23. The Morgan fingerprint density at radius 3 is 2.58 bits per heavy atom. The van der Waals surface area contributed by atoms with Gasteiger partial charge in [-0.05, 0) is 29.3 Å². The highest BCUT2D eigenvalue weighted by Gasteiger charge is 2.13. The third-order valence-corrected chi connectivity index (χ3v) is 2.87. The second-order valence-corrected chi connectivity index (χ2v) is 4.13. The molecular formula is C15H13F2NO. The third kappa shape index (κ3) is 2.96. The summed E-state index contributed by atoms with van der Waals surface area (Å²) < 4.78 is 27.1. The maximum absolute atomic E-state index is 13.9. The molecule has 2 aromatic carbocycles. The van der Waals surface area contributed by atoms with E-state index >= 15 is 0 Å². The van der Waals surface area contributed by atoms with Crippen LogP contribution in [0, 0.1) is 11.6 Å². The quantitative estimate of drug-likeness (QED) is 0.904. The van der Waals surface area contributed by atoms with Gasteiger partial charge in [-0.25, -0.2) is 8.78 Å². The standard InChI is InChI=1S/C15H13F2NO/c1-18-15(19)9-13-12(6-3-7-14(13)17)10-4-2-5-11(16)8-10/h2-8H,9H2,1H3,(H,18,19). The molecule has 0 radical (unpaired) electrons. The number of hydrogen-bond acceptors (Lipinski definition) is 1. The van der Waals surface area contributed by atoms with E-state index in [2.05, 4.69) is 5.32 Å². The summed E-state index contributed by atoms with van der Waals surface area (Å²) in [6.07, 6.45) is -0.0744. The summed E-state index contributed by atoms with van der Waals surface area (Å²) in [6.45, 7) is 0. The summed E-state index contributed by atoms with van der Waals surface area (Å²) >= 11 is 0. The van der Waals surface area contributed by atoms with Crippen LogP contribution in [0.25, 0.3) is 11.1 Å². The first-order chi connectivity index (χ1) is 9.11. The minimum atomic E-state index is -0.467. The molecule has 0 saturated carbocycles. The molecule has 2 rings (SSSR count).